The fraction of sp³-hybridized carbons (Fsp3) is 0.0714. The Morgan fingerprint density at radius 3 is 2.84 bits per heavy atom. The number of hydrogen-bond donors (Lipinski definition) is 1. The number of nitrogens with zero attached hydrogens (tertiary/aromatic N) is 2. The average Bonchev–Trinajstić information content (AvgIpc) is 2.85. The summed E-state index contributed by atoms with van der Waals surface area (Å²) in [5.74, 6) is 0. The van der Waals surface area contributed by atoms with Crippen molar-refractivity contribution in [2.45, 2.75) is 6.92 Å². The van der Waals surface area contributed by atoms with Crippen molar-refractivity contribution in [3.05, 3.63) is 58.4 Å². The Balaban J connectivity index is 2.29. The summed E-state index contributed by atoms with van der Waals surface area (Å²) < 4.78 is 0. The lowest BCUT2D eigenvalue weighted by Crippen LogP contribution is -1.89. The molecular weight excluding hydrogens is 242 g/mol. The molecule has 0 aliphatic heterocycles. The Bertz CT molecular complexity index is 763. The highest BCUT2D eigenvalue weighted by atomic mass is 16.6. The number of nitrogens with one attached hydrogen (secondary N) is 1. The Labute approximate surface area is 109 Å². The van der Waals surface area contributed by atoms with Gasteiger partial charge < -0.3 is 4.98 Å². The van der Waals surface area contributed by atoms with Crippen molar-refractivity contribution >= 4 is 16.6 Å². The van der Waals surface area contributed by atoms with Crippen molar-refractivity contribution in [2.24, 2.45) is 0 Å². The van der Waals surface area contributed by atoms with Crippen LogP contribution in [0.1, 0.15) is 5.56 Å². The van der Waals surface area contributed by atoms with E-state index in [9.17, 15) is 10.1 Å². The van der Waals surface area contributed by atoms with Crippen molar-refractivity contribution < 1.29 is 4.92 Å². The van der Waals surface area contributed by atoms with Gasteiger partial charge >= 0.3 is 0 Å². The second-order valence-corrected chi connectivity index (χ2v) is 4.37. The van der Waals surface area contributed by atoms with Gasteiger partial charge in [-0.25, -0.2) is 0 Å². The normalized spacial score (nSPS) is 10.8. The zero-order valence-corrected chi connectivity index (χ0v) is 10.3. The lowest BCUT2D eigenvalue weighted by molar-refractivity contribution is -0.383. The molecule has 2 aromatic heterocycles. The maximum Gasteiger partial charge on any atom is 0.278 e. The Kier molecular flexibility index (Phi) is 2.52. The molecular formula is C14H11N3O2. The van der Waals surface area contributed by atoms with E-state index in [1.165, 1.54) is 0 Å². The van der Waals surface area contributed by atoms with Crippen LogP contribution < -0.4 is 0 Å². The first-order valence-corrected chi connectivity index (χ1v) is 5.84. The smallest absolute Gasteiger partial charge is 0.278 e. The van der Waals surface area contributed by atoms with Crippen LogP contribution in [-0.2, 0) is 0 Å². The number of fused-ring (bicyclic) bond motifs is 1. The zero-order chi connectivity index (χ0) is 13.4. The average molecular weight is 253 g/mol. The number of hydrogen-bond acceptors (Lipinski definition) is 3. The minimum atomic E-state index is -0.358. The lowest BCUT2D eigenvalue weighted by Gasteiger charge is -1.97. The third-order valence-electron chi connectivity index (χ3n) is 3.15. The number of aromatic nitrogens is 2. The summed E-state index contributed by atoms with van der Waals surface area (Å²) in [6, 6.07) is 8.85. The SMILES string of the molecule is Cc1ccc([N+](=O)[O-])c2cc(-c3cccnc3)[nH]c12. The second-order valence-electron chi connectivity index (χ2n) is 4.37. The van der Waals surface area contributed by atoms with Gasteiger partial charge in [-0.15, -0.1) is 0 Å². The maximum absolute atomic E-state index is 11.1. The van der Waals surface area contributed by atoms with E-state index in [1.807, 2.05) is 19.1 Å². The fourth-order valence-corrected chi connectivity index (χ4v) is 2.18. The van der Waals surface area contributed by atoms with Gasteiger partial charge in [0.2, 0.25) is 0 Å². The number of aromatic amines is 1. The second kappa shape index (κ2) is 4.20. The quantitative estimate of drug-likeness (QED) is 0.561. The standard InChI is InChI=1S/C14H11N3O2/c1-9-4-5-13(17(18)19)11-7-12(16-14(9)11)10-3-2-6-15-8-10/h2-8,16H,1H3. The van der Waals surface area contributed by atoms with Gasteiger partial charge in [-0.3, -0.25) is 15.1 Å². The van der Waals surface area contributed by atoms with Crippen molar-refractivity contribution in [3.63, 3.8) is 0 Å². The van der Waals surface area contributed by atoms with Crippen LogP contribution in [0.4, 0.5) is 5.69 Å². The van der Waals surface area contributed by atoms with E-state index in [2.05, 4.69) is 9.97 Å². The van der Waals surface area contributed by atoms with E-state index in [1.54, 1.807) is 30.6 Å². The summed E-state index contributed by atoms with van der Waals surface area (Å²) in [4.78, 5) is 18.0. The third-order valence-corrected chi connectivity index (χ3v) is 3.15. The van der Waals surface area contributed by atoms with Crippen molar-refractivity contribution in [3.8, 4) is 11.3 Å². The van der Waals surface area contributed by atoms with Gasteiger partial charge in [0, 0.05) is 29.7 Å². The number of aryl methyl sites for hydroxylation is 1. The van der Waals surface area contributed by atoms with Gasteiger partial charge in [-0.2, -0.15) is 0 Å². The molecule has 0 aliphatic carbocycles. The molecule has 0 unspecified atom stereocenters. The molecule has 0 atom stereocenters. The summed E-state index contributed by atoms with van der Waals surface area (Å²) in [7, 11) is 0. The monoisotopic (exact) mass is 253 g/mol. The minimum absolute atomic E-state index is 0.118. The minimum Gasteiger partial charge on any atom is -0.354 e. The van der Waals surface area contributed by atoms with Crippen LogP contribution in [0.2, 0.25) is 0 Å². The summed E-state index contributed by atoms with van der Waals surface area (Å²) in [5.41, 5.74) is 3.64. The van der Waals surface area contributed by atoms with Gasteiger partial charge in [0.25, 0.3) is 5.69 Å². The first kappa shape index (κ1) is 11.4. The summed E-state index contributed by atoms with van der Waals surface area (Å²) in [6.07, 6.45) is 3.42. The molecule has 0 saturated heterocycles. The molecule has 1 N–H and O–H groups in total. The first-order chi connectivity index (χ1) is 9.16. The summed E-state index contributed by atoms with van der Waals surface area (Å²) in [6.45, 7) is 1.93. The van der Waals surface area contributed by atoms with Crippen LogP contribution in [-0.4, -0.2) is 14.9 Å². The molecule has 0 spiro atoms. The number of nitro groups is 1. The van der Waals surface area contributed by atoms with Crippen LogP contribution >= 0.6 is 0 Å². The van der Waals surface area contributed by atoms with Gasteiger partial charge in [-0.1, -0.05) is 6.07 Å². The van der Waals surface area contributed by atoms with E-state index in [4.69, 9.17) is 0 Å². The molecule has 0 amide bonds. The van der Waals surface area contributed by atoms with E-state index in [0.717, 1.165) is 22.3 Å². The van der Waals surface area contributed by atoms with Crippen LogP contribution in [0.5, 0.6) is 0 Å². The molecule has 5 heteroatoms. The van der Waals surface area contributed by atoms with Gasteiger partial charge in [0.15, 0.2) is 0 Å². The first-order valence-electron chi connectivity index (χ1n) is 5.84. The van der Waals surface area contributed by atoms with Gasteiger partial charge in [-0.05, 0) is 30.7 Å². The third kappa shape index (κ3) is 1.85. The molecule has 0 radical (unpaired) electrons. The van der Waals surface area contributed by atoms with Crippen LogP contribution in [0.25, 0.3) is 22.2 Å². The summed E-state index contributed by atoms with van der Waals surface area (Å²) >= 11 is 0. The maximum atomic E-state index is 11.1. The predicted molar refractivity (Wildman–Crippen MR) is 72.9 cm³/mol. The van der Waals surface area contributed by atoms with Crippen LogP contribution in [0.3, 0.4) is 0 Å². The van der Waals surface area contributed by atoms with Gasteiger partial charge in [0.1, 0.15) is 0 Å². The van der Waals surface area contributed by atoms with E-state index >= 15 is 0 Å². The van der Waals surface area contributed by atoms with E-state index in [-0.39, 0.29) is 10.6 Å². The molecule has 0 fully saturated rings. The molecule has 19 heavy (non-hydrogen) atoms. The van der Waals surface area contributed by atoms with Crippen molar-refractivity contribution in [2.75, 3.05) is 0 Å². The zero-order valence-electron chi connectivity index (χ0n) is 10.3. The number of H-pyrrole nitrogens is 1. The number of benzene rings is 1. The van der Waals surface area contributed by atoms with Crippen LogP contribution in [0.15, 0.2) is 42.7 Å². The lowest BCUT2D eigenvalue weighted by atomic mass is 10.1. The van der Waals surface area contributed by atoms with Crippen molar-refractivity contribution in [1.82, 2.24) is 9.97 Å². The van der Waals surface area contributed by atoms with Gasteiger partial charge in [0.05, 0.1) is 15.8 Å². The molecule has 0 saturated carbocycles. The molecule has 2 heterocycles. The topological polar surface area (TPSA) is 71.8 Å². The largest absolute Gasteiger partial charge is 0.354 e. The van der Waals surface area contributed by atoms with E-state index in [0.29, 0.717) is 5.39 Å². The molecule has 5 nitrogen and oxygen atoms in total. The number of non-ortho nitro benzene ring substituents is 1. The van der Waals surface area contributed by atoms with Crippen LogP contribution in [0, 0.1) is 17.0 Å². The number of rotatable bonds is 2. The Morgan fingerprint density at radius 1 is 1.32 bits per heavy atom. The Hall–Kier alpha value is -2.69. The van der Waals surface area contributed by atoms with E-state index < -0.39 is 0 Å². The highest BCUT2D eigenvalue weighted by Gasteiger charge is 2.16. The fourth-order valence-electron chi connectivity index (χ4n) is 2.18. The highest BCUT2D eigenvalue weighted by molar-refractivity contribution is 5.94. The molecule has 94 valence electrons. The molecule has 3 rings (SSSR count). The number of pyridine rings is 1. The highest BCUT2D eigenvalue weighted by Crippen LogP contribution is 2.32. The van der Waals surface area contributed by atoms with Crippen molar-refractivity contribution in [1.29, 1.82) is 0 Å². The molecule has 1 aromatic carbocycles. The number of nitro benzene ring substituents is 1. The Morgan fingerprint density at radius 2 is 2.16 bits per heavy atom. The molecule has 3 aromatic rings. The summed E-state index contributed by atoms with van der Waals surface area (Å²) in [5, 5.41) is 11.7. The predicted octanol–water partition coefficient (Wildman–Crippen LogP) is 3.45. The molecule has 0 aliphatic rings. The molecule has 0 bridgehead atoms.